The fraction of sp³-hybridized carbons (Fsp3) is 0.250. The van der Waals surface area contributed by atoms with Crippen molar-refractivity contribution < 1.29 is 36.6 Å². The standard InChI is InChI=1S/C12H7F5O3S/c13-10(14)9-7(11(18)19)4-5-3-6(21-12(15,16)17)1-2-8(5)20-9/h1-4,9-10H,(H,18,19). The molecule has 0 fully saturated rings. The van der Waals surface area contributed by atoms with Crippen molar-refractivity contribution in [1.29, 1.82) is 0 Å². The van der Waals surface area contributed by atoms with Crippen LogP contribution in [-0.4, -0.2) is 29.1 Å². The van der Waals surface area contributed by atoms with Crippen LogP contribution >= 0.6 is 11.8 Å². The number of hydrogen-bond donors (Lipinski definition) is 1. The number of carboxylic acids is 1. The van der Waals surface area contributed by atoms with Crippen LogP contribution in [0.1, 0.15) is 5.56 Å². The Balaban J connectivity index is 2.40. The van der Waals surface area contributed by atoms with Gasteiger partial charge in [0.15, 0.2) is 6.10 Å². The number of aliphatic carboxylic acids is 1. The molecule has 1 atom stereocenters. The quantitative estimate of drug-likeness (QED) is 0.678. The van der Waals surface area contributed by atoms with Crippen LogP contribution in [0.2, 0.25) is 0 Å². The van der Waals surface area contributed by atoms with E-state index in [0.717, 1.165) is 24.3 Å². The molecule has 0 bridgehead atoms. The highest BCUT2D eigenvalue weighted by Gasteiger charge is 2.35. The highest BCUT2D eigenvalue weighted by Crippen LogP contribution is 2.40. The molecule has 1 N–H and O–H groups in total. The van der Waals surface area contributed by atoms with Gasteiger partial charge in [0.1, 0.15) is 5.75 Å². The molecule has 9 heteroatoms. The zero-order valence-corrected chi connectivity index (χ0v) is 10.8. The third-order valence-corrected chi connectivity index (χ3v) is 3.28. The second kappa shape index (κ2) is 5.55. The zero-order chi connectivity index (χ0) is 15.8. The van der Waals surface area contributed by atoms with Gasteiger partial charge >= 0.3 is 11.5 Å². The van der Waals surface area contributed by atoms with Gasteiger partial charge in [0.05, 0.1) is 5.57 Å². The summed E-state index contributed by atoms with van der Waals surface area (Å²) in [6.45, 7) is 0. The molecule has 0 amide bonds. The van der Waals surface area contributed by atoms with Crippen LogP contribution in [0.5, 0.6) is 5.75 Å². The number of alkyl halides is 5. The van der Waals surface area contributed by atoms with Gasteiger partial charge in [-0.25, -0.2) is 13.6 Å². The van der Waals surface area contributed by atoms with Gasteiger partial charge in [0, 0.05) is 10.5 Å². The Morgan fingerprint density at radius 1 is 1.33 bits per heavy atom. The molecule has 21 heavy (non-hydrogen) atoms. The second-order valence-electron chi connectivity index (χ2n) is 4.03. The topological polar surface area (TPSA) is 46.5 Å². The molecule has 0 aliphatic carbocycles. The molecule has 1 aliphatic rings. The van der Waals surface area contributed by atoms with Crippen molar-refractivity contribution in [3.05, 3.63) is 29.3 Å². The Bertz CT molecular complexity index is 597. The van der Waals surface area contributed by atoms with Crippen LogP contribution in [0.4, 0.5) is 22.0 Å². The van der Waals surface area contributed by atoms with Crippen molar-refractivity contribution in [2.75, 3.05) is 0 Å². The monoisotopic (exact) mass is 326 g/mol. The van der Waals surface area contributed by atoms with E-state index in [-0.39, 0.29) is 16.2 Å². The predicted octanol–water partition coefficient (Wildman–Crippen LogP) is 3.79. The smallest absolute Gasteiger partial charge is 0.446 e. The molecule has 1 heterocycles. The van der Waals surface area contributed by atoms with Gasteiger partial charge in [0.25, 0.3) is 6.43 Å². The van der Waals surface area contributed by atoms with Gasteiger partial charge < -0.3 is 9.84 Å². The molecule has 0 saturated heterocycles. The maximum Gasteiger partial charge on any atom is 0.446 e. The minimum Gasteiger partial charge on any atom is -0.479 e. The number of fused-ring (bicyclic) bond motifs is 1. The highest BCUT2D eigenvalue weighted by atomic mass is 32.2. The van der Waals surface area contributed by atoms with Crippen molar-refractivity contribution in [1.82, 2.24) is 0 Å². The van der Waals surface area contributed by atoms with E-state index in [1.54, 1.807) is 0 Å². The summed E-state index contributed by atoms with van der Waals surface area (Å²) in [5.41, 5.74) is -5.19. The number of thioether (sulfide) groups is 1. The molecule has 2 rings (SSSR count). The third kappa shape index (κ3) is 3.66. The first-order valence-electron chi connectivity index (χ1n) is 5.47. The lowest BCUT2D eigenvalue weighted by Crippen LogP contribution is -2.33. The van der Waals surface area contributed by atoms with E-state index in [2.05, 4.69) is 0 Å². The molecule has 0 saturated carbocycles. The van der Waals surface area contributed by atoms with E-state index in [4.69, 9.17) is 9.84 Å². The Morgan fingerprint density at radius 2 is 2.00 bits per heavy atom. The normalized spacial score (nSPS) is 18.0. The first-order chi connectivity index (χ1) is 9.67. The van der Waals surface area contributed by atoms with Crippen molar-refractivity contribution in [2.24, 2.45) is 0 Å². The van der Waals surface area contributed by atoms with Gasteiger partial charge in [-0.3, -0.25) is 0 Å². The summed E-state index contributed by atoms with van der Waals surface area (Å²) in [5.74, 6) is -1.70. The first kappa shape index (κ1) is 15.6. The molecule has 0 spiro atoms. The van der Waals surface area contributed by atoms with Gasteiger partial charge in [-0.1, -0.05) is 0 Å². The molecular weight excluding hydrogens is 319 g/mol. The van der Waals surface area contributed by atoms with E-state index in [0.29, 0.717) is 0 Å². The number of carbonyl (C=O) groups is 1. The fourth-order valence-electron chi connectivity index (χ4n) is 1.76. The predicted molar refractivity (Wildman–Crippen MR) is 64.4 cm³/mol. The van der Waals surface area contributed by atoms with Crippen LogP contribution < -0.4 is 4.74 Å². The summed E-state index contributed by atoms with van der Waals surface area (Å²) >= 11 is -0.390. The first-order valence-corrected chi connectivity index (χ1v) is 6.28. The molecule has 1 aromatic carbocycles. The molecule has 0 radical (unpaired) electrons. The van der Waals surface area contributed by atoms with E-state index < -0.39 is 41.3 Å². The van der Waals surface area contributed by atoms with Gasteiger partial charge in [0.2, 0.25) is 0 Å². The van der Waals surface area contributed by atoms with E-state index in [1.165, 1.54) is 0 Å². The Morgan fingerprint density at radius 3 is 2.52 bits per heavy atom. The second-order valence-corrected chi connectivity index (χ2v) is 5.16. The lowest BCUT2D eigenvalue weighted by molar-refractivity contribution is -0.134. The van der Waals surface area contributed by atoms with Crippen LogP contribution in [0.15, 0.2) is 28.7 Å². The van der Waals surface area contributed by atoms with E-state index in [1.807, 2.05) is 0 Å². The highest BCUT2D eigenvalue weighted by molar-refractivity contribution is 8.00. The molecule has 1 aliphatic heterocycles. The van der Waals surface area contributed by atoms with Gasteiger partial charge in [-0.2, -0.15) is 13.2 Å². The number of rotatable bonds is 3. The van der Waals surface area contributed by atoms with Crippen molar-refractivity contribution >= 4 is 23.8 Å². The molecule has 114 valence electrons. The average Bonchev–Trinajstić information content (AvgIpc) is 2.34. The Kier molecular flexibility index (Phi) is 4.13. The minimum absolute atomic E-state index is 0.0125. The summed E-state index contributed by atoms with van der Waals surface area (Å²) in [5, 5.41) is 8.87. The minimum atomic E-state index is -4.51. The Hall–Kier alpha value is -1.77. The maximum atomic E-state index is 12.7. The molecule has 0 aromatic heterocycles. The SMILES string of the molecule is O=C(O)C1=Cc2cc(SC(F)(F)F)ccc2OC1C(F)F. The summed E-state index contributed by atoms with van der Waals surface area (Å²) in [7, 11) is 0. The van der Waals surface area contributed by atoms with Gasteiger partial charge in [-0.15, -0.1) is 0 Å². The van der Waals surface area contributed by atoms with Crippen LogP contribution in [0, 0.1) is 0 Å². The summed E-state index contributed by atoms with van der Waals surface area (Å²) in [6, 6.07) is 3.21. The summed E-state index contributed by atoms with van der Waals surface area (Å²) in [4.78, 5) is 10.7. The van der Waals surface area contributed by atoms with Crippen molar-refractivity contribution in [2.45, 2.75) is 22.9 Å². The molecular formula is C12H7F5O3S. The number of benzene rings is 1. The van der Waals surface area contributed by atoms with E-state index >= 15 is 0 Å². The number of halogens is 5. The number of hydrogen-bond acceptors (Lipinski definition) is 3. The van der Waals surface area contributed by atoms with Crippen LogP contribution in [-0.2, 0) is 4.79 Å². The van der Waals surface area contributed by atoms with Gasteiger partial charge in [-0.05, 0) is 36.0 Å². The largest absolute Gasteiger partial charge is 0.479 e. The van der Waals surface area contributed by atoms with Crippen molar-refractivity contribution in [3.63, 3.8) is 0 Å². The number of carboxylic acid groups (broad SMARTS) is 1. The molecule has 3 nitrogen and oxygen atoms in total. The molecule has 1 aromatic rings. The Labute approximate surface area is 119 Å². The van der Waals surface area contributed by atoms with E-state index in [9.17, 15) is 26.7 Å². The lowest BCUT2D eigenvalue weighted by atomic mass is 10.0. The van der Waals surface area contributed by atoms with Crippen LogP contribution in [0.25, 0.3) is 6.08 Å². The fourth-order valence-corrected chi connectivity index (χ4v) is 2.35. The maximum absolute atomic E-state index is 12.7. The van der Waals surface area contributed by atoms with Crippen LogP contribution in [0.3, 0.4) is 0 Å². The third-order valence-electron chi connectivity index (χ3n) is 2.56. The molecule has 1 unspecified atom stereocenters. The summed E-state index contributed by atoms with van der Waals surface area (Å²) in [6.07, 6.45) is -4.11. The van der Waals surface area contributed by atoms with Crippen molar-refractivity contribution in [3.8, 4) is 5.75 Å². The number of ether oxygens (including phenoxy) is 1. The average molecular weight is 326 g/mol. The zero-order valence-electron chi connectivity index (χ0n) is 10.0. The summed E-state index contributed by atoms with van der Waals surface area (Å²) < 4.78 is 67.2. The lowest BCUT2D eigenvalue weighted by Gasteiger charge is -2.25.